The first-order chi connectivity index (χ1) is 9.40. The molecule has 0 spiro atoms. The van der Waals surface area contributed by atoms with Crippen molar-refractivity contribution in [2.45, 2.75) is 46.3 Å². The van der Waals surface area contributed by atoms with E-state index >= 15 is 0 Å². The minimum Gasteiger partial charge on any atom is -0.331 e. The topological polar surface area (TPSA) is 24.0 Å². The summed E-state index contributed by atoms with van der Waals surface area (Å²) in [6.07, 6.45) is 0. The Morgan fingerprint density at radius 2 is 1.90 bits per heavy atom. The van der Waals surface area contributed by atoms with E-state index in [2.05, 4.69) is 37.6 Å². The Hall–Kier alpha value is -1.20. The van der Waals surface area contributed by atoms with E-state index in [0.717, 1.165) is 24.1 Å². The Morgan fingerprint density at radius 3 is 2.50 bits per heavy atom. The first-order valence-corrected chi connectivity index (χ1v) is 7.44. The minimum atomic E-state index is -0.232. The van der Waals surface area contributed by atoms with Gasteiger partial charge in [-0.15, -0.1) is 0 Å². The molecular weight excluding hydrogens is 273 g/mol. The van der Waals surface area contributed by atoms with Crippen LogP contribution in [0.3, 0.4) is 0 Å². The Balaban J connectivity index is 2.27. The smallest absolute Gasteiger partial charge is 0.178 e. The van der Waals surface area contributed by atoms with Crippen LogP contribution in [0.5, 0.6) is 0 Å². The number of H-pyrrole nitrogens is 1. The average Bonchev–Trinajstić information content (AvgIpc) is 2.65. The van der Waals surface area contributed by atoms with Crippen molar-refractivity contribution in [3.8, 4) is 0 Å². The van der Waals surface area contributed by atoms with E-state index in [9.17, 15) is 4.39 Å². The van der Waals surface area contributed by atoms with Crippen LogP contribution in [0.4, 0.5) is 4.39 Å². The third kappa shape index (κ3) is 3.10. The molecule has 0 saturated carbocycles. The molecule has 0 aliphatic heterocycles. The Labute approximate surface area is 124 Å². The van der Waals surface area contributed by atoms with E-state index in [-0.39, 0.29) is 5.82 Å². The SMILES string of the molecule is CC(C)N(CCn1c(=S)[nH]c2ccc(F)cc21)C(C)C. The number of fused-ring (bicyclic) bond motifs is 1. The molecule has 0 bridgehead atoms. The van der Waals surface area contributed by atoms with Gasteiger partial charge < -0.3 is 9.55 Å². The van der Waals surface area contributed by atoms with Crippen LogP contribution >= 0.6 is 12.2 Å². The number of rotatable bonds is 5. The van der Waals surface area contributed by atoms with Crippen molar-refractivity contribution in [3.63, 3.8) is 0 Å². The van der Waals surface area contributed by atoms with Crippen LogP contribution in [-0.4, -0.2) is 33.1 Å². The minimum absolute atomic E-state index is 0.232. The van der Waals surface area contributed by atoms with Crippen molar-refractivity contribution in [2.75, 3.05) is 6.54 Å². The average molecular weight is 295 g/mol. The van der Waals surface area contributed by atoms with Crippen LogP contribution in [-0.2, 0) is 6.54 Å². The van der Waals surface area contributed by atoms with Crippen LogP contribution in [0.1, 0.15) is 27.7 Å². The first-order valence-electron chi connectivity index (χ1n) is 7.04. The summed E-state index contributed by atoms with van der Waals surface area (Å²) in [6.45, 7) is 10.4. The molecule has 2 rings (SSSR count). The summed E-state index contributed by atoms with van der Waals surface area (Å²) < 4.78 is 16.0. The standard InChI is InChI=1S/C15H22FN3S/c1-10(2)18(11(3)4)7-8-19-14-9-12(16)5-6-13(14)17-15(19)20/h5-6,9-11H,7-8H2,1-4H3,(H,17,20). The number of hydrogen-bond donors (Lipinski definition) is 1. The monoisotopic (exact) mass is 295 g/mol. The second-order valence-corrected chi connectivity index (χ2v) is 6.06. The Bertz CT molecular complexity index is 634. The van der Waals surface area contributed by atoms with Crippen molar-refractivity contribution in [1.29, 1.82) is 0 Å². The Kier molecular flexibility index (Phi) is 4.60. The molecule has 0 saturated heterocycles. The fourth-order valence-electron chi connectivity index (χ4n) is 2.68. The summed E-state index contributed by atoms with van der Waals surface area (Å²) in [6, 6.07) is 5.68. The van der Waals surface area contributed by atoms with E-state index in [4.69, 9.17) is 12.2 Å². The predicted octanol–water partition coefficient (Wildman–Crippen LogP) is 3.96. The first kappa shape index (κ1) is 15.2. The zero-order valence-corrected chi connectivity index (χ0v) is 13.3. The highest BCUT2D eigenvalue weighted by atomic mass is 32.1. The largest absolute Gasteiger partial charge is 0.331 e. The van der Waals surface area contributed by atoms with Gasteiger partial charge in [0.2, 0.25) is 0 Å². The molecule has 3 nitrogen and oxygen atoms in total. The molecule has 0 amide bonds. The van der Waals surface area contributed by atoms with Gasteiger partial charge in [-0.25, -0.2) is 4.39 Å². The van der Waals surface area contributed by atoms with Gasteiger partial charge in [0.1, 0.15) is 5.82 Å². The van der Waals surface area contributed by atoms with Gasteiger partial charge >= 0.3 is 0 Å². The molecule has 2 aromatic rings. The molecule has 0 aliphatic rings. The molecule has 0 fully saturated rings. The number of aromatic amines is 1. The molecule has 0 aliphatic carbocycles. The molecule has 1 N–H and O–H groups in total. The van der Waals surface area contributed by atoms with Crippen molar-refractivity contribution in [3.05, 3.63) is 28.8 Å². The fourth-order valence-corrected chi connectivity index (χ4v) is 2.98. The summed E-state index contributed by atoms with van der Waals surface area (Å²) >= 11 is 5.35. The molecule has 1 aromatic heterocycles. The molecule has 0 unspecified atom stereocenters. The molecule has 20 heavy (non-hydrogen) atoms. The highest BCUT2D eigenvalue weighted by molar-refractivity contribution is 7.71. The third-order valence-corrected chi connectivity index (χ3v) is 3.97. The zero-order valence-electron chi connectivity index (χ0n) is 12.5. The lowest BCUT2D eigenvalue weighted by molar-refractivity contribution is 0.168. The van der Waals surface area contributed by atoms with Crippen molar-refractivity contribution in [1.82, 2.24) is 14.5 Å². The molecular formula is C15H22FN3S. The van der Waals surface area contributed by atoms with E-state index in [1.54, 1.807) is 6.07 Å². The number of benzene rings is 1. The van der Waals surface area contributed by atoms with Gasteiger partial charge in [-0.3, -0.25) is 4.90 Å². The summed E-state index contributed by atoms with van der Waals surface area (Å²) in [5.41, 5.74) is 1.72. The number of nitrogens with one attached hydrogen (secondary N) is 1. The normalized spacial score (nSPS) is 12.2. The van der Waals surface area contributed by atoms with Crippen LogP contribution in [0, 0.1) is 10.6 Å². The second-order valence-electron chi connectivity index (χ2n) is 5.67. The maximum absolute atomic E-state index is 13.4. The predicted molar refractivity (Wildman–Crippen MR) is 84.1 cm³/mol. The van der Waals surface area contributed by atoms with E-state index in [1.165, 1.54) is 12.1 Å². The van der Waals surface area contributed by atoms with Crippen molar-refractivity contribution in [2.24, 2.45) is 0 Å². The summed E-state index contributed by atoms with van der Waals surface area (Å²) in [5.74, 6) is -0.232. The zero-order chi connectivity index (χ0) is 14.9. The Morgan fingerprint density at radius 1 is 1.25 bits per heavy atom. The van der Waals surface area contributed by atoms with Gasteiger partial charge in [-0.1, -0.05) is 0 Å². The van der Waals surface area contributed by atoms with Gasteiger partial charge in [-0.2, -0.15) is 0 Å². The van der Waals surface area contributed by atoms with Crippen molar-refractivity contribution < 1.29 is 4.39 Å². The summed E-state index contributed by atoms with van der Waals surface area (Å²) in [7, 11) is 0. The summed E-state index contributed by atoms with van der Waals surface area (Å²) in [5, 5.41) is 0. The molecule has 0 radical (unpaired) electrons. The van der Waals surface area contributed by atoms with Crippen LogP contribution in [0.25, 0.3) is 11.0 Å². The molecule has 5 heteroatoms. The number of aromatic nitrogens is 2. The lowest BCUT2D eigenvalue weighted by Gasteiger charge is -2.30. The van der Waals surface area contributed by atoms with E-state index in [1.807, 2.05) is 4.57 Å². The van der Waals surface area contributed by atoms with Gasteiger partial charge in [-0.05, 0) is 58.1 Å². The number of imidazole rings is 1. The third-order valence-electron chi connectivity index (χ3n) is 3.65. The number of nitrogens with zero attached hydrogens (tertiary/aromatic N) is 2. The van der Waals surface area contributed by atoms with Gasteiger partial charge in [0.05, 0.1) is 11.0 Å². The van der Waals surface area contributed by atoms with Crippen LogP contribution < -0.4 is 0 Å². The fraction of sp³-hybridized carbons (Fsp3) is 0.533. The molecule has 1 aromatic carbocycles. The quantitative estimate of drug-likeness (QED) is 0.844. The van der Waals surface area contributed by atoms with Gasteiger partial charge in [0.15, 0.2) is 4.77 Å². The van der Waals surface area contributed by atoms with Crippen molar-refractivity contribution >= 4 is 23.3 Å². The maximum atomic E-state index is 13.4. The lowest BCUT2D eigenvalue weighted by Crippen LogP contribution is -2.39. The van der Waals surface area contributed by atoms with Crippen LogP contribution in [0.2, 0.25) is 0 Å². The summed E-state index contributed by atoms with van der Waals surface area (Å²) in [4.78, 5) is 5.53. The van der Waals surface area contributed by atoms with Gasteiger partial charge in [0, 0.05) is 25.2 Å². The van der Waals surface area contributed by atoms with E-state index < -0.39 is 0 Å². The van der Waals surface area contributed by atoms with E-state index in [0.29, 0.717) is 16.9 Å². The molecule has 1 heterocycles. The highest BCUT2D eigenvalue weighted by Gasteiger charge is 2.14. The lowest BCUT2D eigenvalue weighted by atomic mass is 10.2. The molecule has 110 valence electrons. The van der Waals surface area contributed by atoms with Gasteiger partial charge in [0.25, 0.3) is 0 Å². The highest BCUT2D eigenvalue weighted by Crippen LogP contribution is 2.16. The number of halogens is 1. The maximum Gasteiger partial charge on any atom is 0.178 e. The van der Waals surface area contributed by atoms with Crippen LogP contribution in [0.15, 0.2) is 18.2 Å². The number of hydrogen-bond acceptors (Lipinski definition) is 2. The molecule has 0 atom stereocenters. The second kappa shape index (κ2) is 6.06.